The summed E-state index contributed by atoms with van der Waals surface area (Å²) in [6.45, 7) is 0. The number of hydrogen-bond donors (Lipinski definition) is 1. The number of benzene rings is 1. The van der Waals surface area contributed by atoms with Gasteiger partial charge in [-0.15, -0.1) is 0 Å². The monoisotopic (exact) mass is 343 g/mol. The molecule has 0 bridgehead atoms. The van der Waals surface area contributed by atoms with E-state index in [1.54, 1.807) is 6.07 Å². The molecule has 2 aromatic rings. The van der Waals surface area contributed by atoms with Gasteiger partial charge in [-0.3, -0.25) is 4.98 Å². The Labute approximate surface area is 123 Å². The molecule has 0 aliphatic heterocycles. The van der Waals surface area contributed by atoms with E-state index in [1.807, 2.05) is 0 Å². The maximum Gasteiger partial charge on any atom is 0.143 e. The number of methoxy groups -OCH3 is 1. The second kappa shape index (κ2) is 6.28. The zero-order chi connectivity index (χ0) is 14.7. The minimum atomic E-state index is -1.09. The molecule has 0 radical (unpaired) electrons. The Bertz CT molecular complexity index is 622. The number of halogens is 3. The summed E-state index contributed by atoms with van der Waals surface area (Å²) in [5.74, 6) is -1.04. The molecule has 0 saturated heterocycles. The Kier molecular flexibility index (Phi) is 4.67. The van der Waals surface area contributed by atoms with Crippen LogP contribution >= 0.6 is 15.9 Å². The average molecular weight is 344 g/mol. The van der Waals surface area contributed by atoms with Crippen LogP contribution in [0.5, 0.6) is 5.75 Å². The van der Waals surface area contributed by atoms with E-state index in [0.717, 1.165) is 6.07 Å². The van der Waals surface area contributed by atoms with Crippen LogP contribution in [0.25, 0.3) is 0 Å². The first-order valence-electron chi connectivity index (χ1n) is 5.83. The Balaban J connectivity index is 2.33. The zero-order valence-electron chi connectivity index (χ0n) is 10.6. The summed E-state index contributed by atoms with van der Waals surface area (Å²) in [6.07, 6.45) is 1.63. The third-order valence-corrected chi connectivity index (χ3v) is 3.54. The van der Waals surface area contributed by atoms with Crippen LogP contribution in [-0.2, 0) is 6.42 Å². The van der Waals surface area contributed by atoms with E-state index in [4.69, 9.17) is 4.74 Å². The molecule has 1 atom stereocenters. The van der Waals surface area contributed by atoms with Gasteiger partial charge in [0, 0.05) is 23.7 Å². The molecule has 3 nitrogen and oxygen atoms in total. The standard InChI is InChI=1S/C14H12BrF2NO2/c1-20-13-7-18-5-4-8(13)12(19)6-9-11(16)3-2-10(15)14(9)17/h2-5,7,12,19H,6H2,1H3. The van der Waals surface area contributed by atoms with Crippen molar-refractivity contribution in [2.75, 3.05) is 7.11 Å². The lowest BCUT2D eigenvalue weighted by Gasteiger charge is -2.15. The molecule has 6 heteroatoms. The fourth-order valence-electron chi connectivity index (χ4n) is 1.90. The molecule has 0 spiro atoms. The number of ether oxygens (including phenoxy) is 1. The second-order valence-electron chi connectivity index (χ2n) is 4.16. The molecule has 0 fully saturated rings. The summed E-state index contributed by atoms with van der Waals surface area (Å²) >= 11 is 3.00. The lowest BCUT2D eigenvalue weighted by Crippen LogP contribution is -2.08. The maximum absolute atomic E-state index is 13.9. The summed E-state index contributed by atoms with van der Waals surface area (Å²) in [7, 11) is 1.44. The molecular weight excluding hydrogens is 332 g/mol. The molecule has 1 N–H and O–H groups in total. The molecule has 0 aliphatic rings. The van der Waals surface area contributed by atoms with E-state index in [0.29, 0.717) is 11.3 Å². The number of aromatic nitrogens is 1. The fourth-order valence-corrected chi connectivity index (χ4v) is 2.27. The smallest absolute Gasteiger partial charge is 0.143 e. The van der Waals surface area contributed by atoms with Gasteiger partial charge >= 0.3 is 0 Å². The minimum absolute atomic E-state index is 0.155. The summed E-state index contributed by atoms with van der Waals surface area (Å²) in [5, 5.41) is 10.2. The molecule has 1 aromatic heterocycles. The summed E-state index contributed by atoms with van der Waals surface area (Å²) in [4.78, 5) is 3.86. The Morgan fingerprint density at radius 1 is 1.35 bits per heavy atom. The molecule has 0 amide bonds. The van der Waals surface area contributed by atoms with E-state index in [2.05, 4.69) is 20.9 Å². The van der Waals surface area contributed by atoms with Gasteiger partial charge in [0.05, 0.1) is 23.9 Å². The molecule has 0 aliphatic carbocycles. The van der Waals surface area contributed by atoms with Gasteiger partial charge in [0.15, 0.2) is 0 Å². The lowest BCUT2D eigenvalue weighted by atomic mass is 10.0. The third-order valence-electron chi connectivity index (χ3n) is 2.93. The molecule has 0 saturated carbocycles. The van der Waals surface area contributed by atoms with Crippen molar-refractivity contribution in [3.63, 3.8) is 0 Å². The number of aliphatic hydroxyl groups excluding tert-OH is 1. The highest BCUT2D eigenvalue weighted by Crippen LogP contribution is 2.30. The Morgan fingerprint density at radius 3 is 2.80 bits per heavy atom. The second-order valence-corrected chi connectivity index (χ2v) is 5.01. The van der Waals surface area contributed by atoms with Crippen molar-refractivity contribution in [3.8, 4) is 5.75 Å². The van der Waals surface area contributed by atoms with Gasteiger partial charge in [-0.05, 0) is 34.1 Å². The van der Waals surface area contributed by atoms with E-state index in [1.165, 1.54) is 25.6 Å². The predicted molar refractivity (Wildman–Crippen MR) is 73.5 cm³/mol. The van der Waals surface area contributed by atoms with Gasteiger partial charge in [-0.2, -0.15) is 0 Å². The minimum Gasteiger partial charge on any atom is -0.495 e. The average Bonchev–Trinajstić information content (AvgIpc) is 2.47. The highest BCUT2D eigenvalue weighted by Gasteiger charge is 2.19. The molecule has 1 unspecified atom stereocenters. The first-order valence-corrected chi connectivity index (χ1v) is 6.62. The molecular formula is C14H12BrF2NO2. The van der Waals surface area contributed by atoms with E-state index in [9.17, 15) is 13.9 Å². The Hall–Kier alpha value is -1.53. The van der Waals surface area contributed by atoms with Crippen LogP contribution < -0.4 is 4.74 Å². The van der Waals surface area contributed by atoms with Crippen molar-refractivity contribution >= 4 is 15.9 Å². The van der Waals surface area contributed by atoms with Crippen LogP contribution in [-0.4, -0.2) is 17.2 Å². The summed E-state index contributed by atoms with van der Waals surface area (Å²) < 4.78 is 32.8. The molecule has 1 heterocycles. The van der Waals surface area contributed by atoms with Gasteiger partial charge in [-0.25, -0.2) is 8.78 Å². The first-order chi connectivity index (χ1) is 9.54. The zero-order valence-corrected chi connectivity index (χ0v) is 12.2. The quantitative estimate of drug-likeness (QED) is 0.865. The van der Waals surface area contributed by atoms with Crippen molar-refractivity contribution in [3.05, 3.63) is 57.8 Å². The van der Waals surface area contributed by atoms with E-state index in [-0.39, 0.29) is 16.5 Å². The predicted octanol–water partition coefficient (Wildman–Crippen LogP) is 3.41. The van der Waals surface area contributed by atoms with E-state index < -0.39 is 17.7 Å². The first kappa shape index (κ1) is 14.9. The van der Waals surface area contributed by atoms with Crippen LogP contribution in [0.15, 0.2) is 35.1 Å². The van der Waals surface area contributed by atoms with Crippen LogP contribution in [0.2, 0.25) is 0 Å². The molecule has 106 valence electrons. The maximum atomic E-state index is 13.9. The number of rotatable bonds is 4. The Morgan fingerprint density at radius 2 is 2.10 bits per heavy atom. The highest BCUT2D eigenvalue weighted by atomic mass is 79.9. The summed E-state index contributed by atoms with van der Waals surface area (Å²) in [6, 6.07) is 3.99. The van der Waals surface area contributed by atoms with Crippen molar-refractivity contribution in [2.45, 2.75) is 12.5 Å². The number of pyridine rings is 1. The lowest BCUT2D eigenvalue weighted by molar-refractivity contribution is 0.171. The van der Waals surface area contributed by atoms with Crippen LogP contribution in [0, 0.1) is 11.6 Å². The van der Waals surface area contributed by atoms with Gasteiger partial charge in [0.1, 0.15) is 17.4 Å². The normalized spacial score (nSPS) is 12.2. The fraction of sp³-hybridized carbons (Fsp3) is 0.214. The van der Waals surface area contributed by atoms with Crippen LogP contribution in [0.4, 0.5) is 8.78 Å². The van der Waals surface area contributed by atoms with E-state index >= 15 is 0 Å². The van der Waals surface area contributed by atoms with Gasteiger partial charge in [-0.1, -0.05) is 0 Å². The number of hydrogen-bond acceptors (Lipinski definition) is 3. The van der Waals surface area contributed by atoms with Crippen LogP contribution in [0.3, 0.4) is 0 Å². The molecule has 1 aromatic carbocycles. The number of nitrogens with zero attached hydrogens (tertiary/aromatic N) is 1. The van der Waals surface area contributed by atoms with Crippen molar-refractivity contribution in [1.29, 1.82) is 0 Å². The van der Waals surface area contributed by atoms with Gasteiger partial charge in [0.25, 0.3) is 0 Å². The van der Waals surface area contributed by atoms with Crippen LogP contribution in [0.1, 0.15) is 17.2 Å². The molecule has 2 rings (SSSR count). The highest BCUT2D eigenvalue weighted by molar-refractivity contribution is 9.10. The van der Waals surface area contributed by atoms with Crippen molar-refractivity contribution in [1.82, 2.24) is 4.98 Å². The van der Waals surface area contributed by atoms with Crippen molar-refractivity contribution in [2.24, 2.45) is 0 Å². The SMILES string of the molecule is COc1cnccc1C(O)Cc1c(F)ccc(Br)c1F. The molecule has 20 heavy (non-hydrogen) atoms. The van der Waals surface area contributed by atoms with Gasteiger partial charge in [0.2, 0.25) is 0 Å². The summed E-state index contributed by atoms with van der Waals surface area (Å²) in [5.41, 5.74) is 0.256. The third kappa shape index (κ3) is 2.96. The topological polar surface area (TPSA) is 42.4 Å². The van der Waals surface area contributed by atoms with Crippen molar-refractivity contribution < 1.29 is 18.6 Å². The number of aliphatic hydroxyl groups is 1. The van der Waals surface area contributed by atoms with Gasteiger partial charge < -0.3 is 9.84 Å². The largest absolute Gasteiger partial charge is 0.495 e.